The summed E-state index contributed by atoms with van der Waals surface area (Å²) in [6, 6.07) is 1.75. The Morgan fingerprint density at radius 1 is 1.44 bits per heavy atom. The van der Waals surface area contributed by atoms with Crippen LogP contribution in [0.15, 0.2) is 22.9 Å². The van der Waals surface area contributed by atoms with E-state index in [9.17, 15) is 4.79 Å². The molecule has 0 radical (unpaired) electrons. The van der Waals surface area contributed by atoms with Crippen LogP contribution in [0.3, 0.4) is 0 Å². The molecule has 2 aromatic rings. The summed E-state index contributed by atoms with van der Waals surface area (Å²) in [6.07, 6.45) is 5.40. The lowest BCUT2D eigenvalue weighted by Crippen LogP contribution is -2.39. The third-order valence-electron chi connectivity index (χ3n) is 4.66. The first-order chi connectivity index (χ1) is 12.1. The van der Waals surface area contributed by atoms with Crippen molar-refractivity contribution in [1.29, 1.82) is 0 Å². The van der Waals surface area contributed by atoms with Crippen LogP contribution in [0, 0.1) is 13.8 Å². The smallest absolute Gasteiger partial charge is 0.257 e. The van der Waals surface area contributed by atoms with Crippen LogP contribution in [0.25, 0.3) is 0 Å². The molecule has 0 N–H and O–H groups in total. The van der Waals surface area contributed by atoms with Gasteiger partial charge in [0.1, 0.15) is 11.6 Å². The Hall–Kier alpha value is -2.21. The number of aryl methyl sites for hydroxylation is 2. The molecule has 1 atom stereocenters. The van der Waals surface area contributed by atoms with Gasteiger partial charge in [0.15, 0.2) is 0 Å². The van der Waals surface area contributed by atoms with Crippen molar-refractivity contribution >= 4 is 5.91 Å². The van der Waals surface area contributed by atoms with E-state index < -0.39 is 0 Å². The lowest BCUT2D eigenvalue weighted by molar-refractivity contribution is 0.0702. The molecule has 0 bridgehead atoms. The number of ether oxygens (including phenoxy) is 1. The number of hydrogen-bond acceptors (Lipinski definition) is 5. The number of piperidine rings is 1. The Kier molecular flexibility index (Phi) is 5.48. The average molecular weight is 343 g/mol. The van der Waals surface area contributed by atoms with Crippen molar-refractivity contribution in [2.75, 3.05) is 19.7 Å². The molecule has 0 aromatic carbocycles. The second kappa shape index (κ2) is 7.78. The van der Waals surface area contributed by atoms with E-state index in [0.29, 0.717) is 31.1 Å². The molecule has 3 rings (SSSR count). The standard InChI is InChI=1S/C19H25N3O3/c1-4-24-12-16-10-20-14(3)21-18(16)15-6-5-8-22(11-15)19(23)17-7-9-25-13(17)2/h7,9-10,15H,4-6,8,11-12H2,1-3H3. The fourth-order valence-electron chi connectivity index (χ4n) is 3.35. The molecule has 0 saturated carbocycles. The lowest BCUT2D eigenvalue weighted by atomic mass is 9.91. The molecular weight excluding hydrogens is 318 g/mol. The number of amides is 1. The zero-order valence-corrected chi connectivity index (χ0v) is 15.1. The van der Waals surface area contributed by atoms with Crippen molar-refractivity contribution in [2.45, 2.75) is 46.1 Å². The zero-order chi connectivity index (χ0) is 17.8. The van der Waals surface area contributed by atoms with Crippen LogP contribution in [0.5, 0.6) is 0 Å². The molecule has 0 aliphatic carbocycles. The molecule has 134 valence electrons. The van der Waals surface area contributed by atoms with E-state index >= 15 is 0 Å². The molecule has 0 spiro atoms. The van der Waals surface area contributed by atoms with Gasteiger partial charge in [-0.25, -0.2) is 9.97 Å². The van der Waals surface area contributed by atoms with Gasteiger partial charge in [-0.1, -0.05) is 0 Å². The Morgan fingerprint density at radius 3 is 3.00 bits per heavy atom. The van der Waals surface area contributed by atoms with E-state index in [0.717, 1.165) is 36.5 Å². The van der Waals surface area contributed by atoms with Crippen molar-refractivity contribution < 1.29 is 13.9 Å². The first-order valence-electron chi connectivity index (χ1n) is 8.83. The lowest BCUT2D eigenvalue weighted by Gasteiger charge is -2.33. The molecule has 1 amide bonds. The summed E-state index contributed by atoms with van der Waals surface area (Å²) in [4.78, 5) is 23.7. The number of carbonyl (C=O) groups is 1. The van der Waals surface area contributed by atoms with Gasteiger partial charge in [0, 0.05) is 37.4 Å². The Balaban J connectivity index is 1.80. The molecule has 25 heavy (non-hydrogen) atoms. The third-order valence-corrected chi connectivity index (χ3v) is 4.66. The second-order valence-electron chi connectivity index (χ2n) is 6.45. The first-order valence-corrected chi connectivity index (χ1v) is 8.83. The second-order valence-corrected chi connectivity index (χ2v) is 6.45. The monoisotopic (exact) mass is 343 g/mol. The largest absolute Gasteiger partial charge is 0.469 e. The van der Waals surface area contributed by atoms with Gasteiger partial charge in [0.2, 0.25) is 0 Å². The fraction of sp³-hybridized carbons (Fsp3) is 0.526. The molecule has 6 heteroatoms. The van der Waals surface area contributed by atoms with Gasteiger partial charge in [-0.3, -0.25) is 4.79 Å². The van der Waals surface area contributed by atoms with Gasteiger partial charge >= 0.3 is 0 Å². The fourth-order valence-corrected chi connectivity index (χ4v) is 3.35. The van der Waals surface area contributed by atoms with Crippen LogP contribution in [-0.4, -0.2) is 40.5 Å². The molecule has 1 saturated heterocycles. The van der Waals surface area contributed by atoms with E-state index in [4.69, 9.17) is 9.15 Å². The Bertz CT molecular complexity index is 741. The molecule has 3 heterocycles. The minimum Gasteiger partial charge on any atom is -0.469 e. The Labute approximate surface area is 148 Å². The van der Waals surface area contributed by atoms with Crippen LogP contribution in [0.1, 0.15) is 58.9 Å². The molecule has 1 unspecified atom stereocenters. The maximum atomic E-state index is 12.8. The van der Waals surface area contributed by atoms with Gasteiger partial charge in [-0.2, -0.15) is 0 Å². The van der Waals surface area contributed by atoms with Crippen molar-refractivity contribution in [3.63, 3.8) is 0 Å². The van der Waals surface area contributed by atoms with Gasteiger partial charge in [0.05, 0.1) is 24.1 Å². The molecule has 1 aliphatic rings. The maximum absolute atomic E-state index is 12.8. The zero-order valence-electron chi connectivity index (χ0n) is 15.1. The van der Waals surface area contributed by atoms with Gasteiger partial charge in [0.25, 0.3) is 5.91 Å². The third kappa shape index (κ3) is 3.90. The van der Waals surface area contributed by atoms with E-state index in [1.807, 2.05) is 31.9 Å². The highest BCUT2D eigenvalue weighted by molar-refractivity contribution is 5.95. The van der Waals surface area contributed by atoms with Crippen LogP contribution in [0.4, 0.5) is 0 Å². The van der Waals surface area contributed by atoms with E-state index in [-0.39, 0.29) is 11.8 Å². The molecule has 1 fully saturated rings. The van der Waals surface area contributed by atoms with Gasteiger partial charge in [-0.15, -0.1) is 0 Å². The van der Waals surface area contributed by atoms with Crippen molar-refractivity contribution in [2.24, 2.45) is 0 Å². The number of carbonyl (C=O) groups excluding carboxylic acids is 1. The van der Waals surface area contributed by atoms with Crippen molar-refractivity contribution in [3.8, 4) is 0 Å². The number of furan rings is 1. The highest BCUT2D eigenvalue weighted by Crippen LogP contribution is 2.29. The van der Waals surface area contributed by atoms with Crippen LogP contribution in [0.2, 0.25) is 0 Å². The van der Waals surface area contributed by atoms with Gasteiger partial charge < -0.3 is 14.1 Å². The van der Waals surface area contributed by atoms with Crippen molar-refractivity contribution in [3.05, 3.63) is 46.9 Å². The number of aromatic nitrogens is 2. The summed E-state index contributed by atoms with van der Waals surface area (Å²) in [7, 11) is 0. The summed E-state index contributed by atoms with van der Waals surface area (Å²) in [6.45, 7) is 8.30. The normalized spacial score (nSPS) is 17.7. The summed E-state index contributed by atoms with van der Waals surface area (Å²) >= 11 is 0. The number of hydrogen-bond donors (Lipinski definition) is 0. The predicted molar refractivity (Wildman–Crippen MR) is 93.4 cm³/mol. The first kappa shape index (κ1) is 17.6. The van der Waals surface area contributed by atoms with E-state index in [1.54, 1.807) is 12.3 Å². The molecular formula is C19H25N3O3. The summed E-state index contributed by atoms with van der Waals surface area (Å²) in [5.74, 6) is 1.67. The molecule has 6 nitrogen and oxygen atoms in total. The number of likely N-dealkylation sites (tertiary alicyclic amines) is 1. The number of nitrogens with zero attached hydrogens (tertiary/aromatic N) is 3. The summed E-state index contributed by atoms with van der Waals surface area (Å²) < 4.78 is 10.8. The minimum absolute atomic E-state index is 0.0353. The summed E-state index contributed by atoms with van der Waals surface area (Å²) in [5, 5.41) is 0. The van der Waals surface area contributed by atoms with Crippen LogP contribution < -0.4 is 0 Å². The quantitative estimate of drug-likeness (QED) is 0.833. The topological polar surface area (TPSA) is 68.5 Å². The molecule has 2 aromatic heterocycles. The summed E-state index contributed by atoms with van der Waals surface area (Å²) in [5.41, 5.74) is 2.68. The highest BCUT2D eigenvalue weighted by Gasteiger charge is 2.29. The Morgan fingerprint density at radius 2 is 2.28 bits per heavy atom. The highest BCUT2D eigenvalue weighted by atomic mass is 16.5. The molecule has 1 aliphatic heterocycles. The van der Waals surface area contributed by atoms with E-state index in [1.165, 1.54) is 0 Å². The van der Waals surface area contributed by atoms with Crippen molar-refractivity contribution in [1.82, 2.24) is 14.9 Å². The average Bonchev–Trinajstić information content (AvgIpc) is 3.06. The maximum Gasteiger partial charge on any atom is 0.257 e. The number of rotatable bonds is 5. The van der Waals surface area contributed by atoms with E-state index in [2.05, 4.69) is 9.97 Å². The van der Waals surface area contributed by atoms with Crippen LogP contribution in [-0.2, 0) is 11.3 Å². The van der Waals surface area contributed by atoms with Gasteiger partial charge in [-0.05, 0) is 39.7 Å². The minimum atomic E-state index is 0.0353. The predicted octanol–water partition coefficient (Wildman–Crippen LogP) is 3.24. The van der Waals surface area contributed by atoms with Crippen LogP contribution >= 0.6 is 0 Å². The SMILES string of the molecule is CCOCc1cnc(C)nc1C1CCCN(C(=O)c2ccoc2C)C1.